The zero-order valence-electron chi connectivity index (χ0n) is 17.8. The number of allylic oxidation sites excluding steroid dienone is 1. The highest BCUT2D eigenvalue weighted by Crippen LogP contribution is 2.34. The molecule has 0 saturated carbocycles. The first-order chi connectivity index (χ1) is 13.6. The smallest absolute Gasteiger partial charge is 0.247 e. The van der Waals surface area contributed by atoms with Gasteiger partial charge in [0.15, 0.2) is 0 Å². The lowest BCUT2D eigenvalue weighted by Crippen LogP contribution is -2.50. The van der Waals surface area contributed by atoms with Crippen LogP contribution in [0.2, 0.25) is 0 Å². The van der Waals surface area contributed by atoms with Gasteiger partial charge in [-0.1, -0.05) is 32.1 Å². The molecule has 0 spiro atoms. The summed E-state index contributed by atoms with van der Waals surface area (Å²) in [5.74, 6) is 0.0768. The second kappa shape index (κ2) is 9.73. The Balaban J connectivity index is 2.56. The molecule has 8 heteroatoms. The fraction of sp³-hybridized carbons (Fsp3) is 0.571. The number of carbonyl (C=O) groups is 1. The molecular weight excluding hydrogens is 392 g/mol. The lowest BCUT2D eigenvalue weighted by atomic mass is 10.0. The summed E-state index contributed by atoms with van der Waals surface area (Å²) in [6, 6.07) is 4.42. The van der Waals surface area contributed by atoms with Gasteiger partial charge in [-0.15, -0.1) is 0 Å². The highest BCUT2D eigenvalue weighted by molar-refractivity contribution is 7.89. The van der Waals surface area contributed by atoms with Crippen LogP contribution < -0.4 is 4.74 Å². The Hall–Kier alpha value is -1.90. The minimum atomic E-state index is -3.85. The summed E-state index contributed by atoms with van der Waals surface area (Å²) < 4.78 is 34.2. The predicted molar refractivity (Wildman–Crippen MR) is 113 cm³/mol. The number of rotatable bonds is 6. The minimum absolute atomic E-state index is 0.000969. The van der Waals surface area contributed by atoms with E-state index in [9.17, 15) is 18.3 Å². The number of sulfonamides is 1. The zero-order chi connectivity index (χ0) is 21.8. The first kappa shape index (κ1) is 23.4. The fourth-order valence-corrected chi connectivity index (χ4v) is 5.22. The summed E-state index contributed by atoms with van der Waals surface area (Å²) >= 11 is 0. The lowest BCUT2D eigenvalue weighted by molar-refractivity contribution is -0.131. The Morgan fingerprint density at radius 1 is 1.45 bits per heavy atom. The molecular formula is C21H32N2O5S. The quantitative estimate of drug-likeness (QED) is 0.758. The van der Waals surface area contributed by atoms with Crippen LogP contribution in [-0.4, -0.2) is 67.5 Å². The van der Waals surface area contributed by atoms with E-state index in [4.69, 9.17) is 4.74 Å². The number of fused-ring (bicyclic) bond motifs is 1. The van der Waals surface area contributed by atoms with E-state index in [0.29, 0.717) is 13.0 Å². The second-order valence-corrected chi connectivity index (χ2v) is 9.43. The van der Waals surface area contributed by atoms with Gasteiger partial charge in [0.2, 0.25) is 15.9 Å². The van der Waals surface area contributed by atoms with Crippen LogP contribution in [0.15, 0.2) is 29.2 Å². The van der Waals surface area contributed by atoms with Crippen molar-refractivity contribution in [3.8, 4) is 5.75 Å². The third kappa shape index (κ3) is 5.18. The van der Waals surface area contributed by atoms with Gasteiger partial charge in [-0.25, -0.2) is 8.42 Å². The largest absolute Gasteiger partial charge is 0.487 e. The van der Waals surface area contributed by atoms with Gasteiger partial charge in [0, 0.05) is 32.0 Å². The molecule has 1 aromatic carbocycles. The maximum atomic E-state index is 13.3. The van der Waals surface area contributed by atoms with E-state index in [-0.39, 0.29) is 41.7 Å². The Kier molecular flexibility index (Phi) is 7.85. The minimum Gasteiger partial charge on any atom is -0.487 e. The predicted octanol–water partition coefficient (Wildman–Crippen LogP) is 2.36. The second-order valence-electron chi connectivity index (χ2n) is 7.57. The van der Waals surface area contributed by atoms with Gasteiger partial charge >= 0.3 is 0 Å². The SMILES string of the molecule is C/C=C/c1ccc2c(c1)O[C@@H](CN(C)C(=O)CC)[C@H](C)CN([C@@H](C)CO)S2(=O)=O. The molecule has 0 unspecified atom stereocenters. The van der Waals surface area contributed by atoms with Crippen LogP contribution >= 0.6 is 0 Å². The molecule has 1 N–H and O–H groups in total. The number of nitrogens with zero attached hydrogens (tertiary/aromatic N) is 2. The van der Waals surface area contributed by atoms with Crippen molar-refractivity contribution in [2.75, 3.05) is 26.7 Å². The molecule has 1 heterocycles. The summed E-state index contributed by atoms with van der Waals surface area (Å²) in [4.78, 5) is 13.8. The van der Waals surface area contributed by atoms with Gasteiger partial charge in [0.05, 0.1) is 13.2 Å². The molecule has 2 rings (SSSR count). The van der Waals surface area contributed by atoms with Crippen LogP contribution in [-0.2, 0) is 14.8 Å². The van der Waals surface area contributed by atoms with E-state index in [1.54, 1.807) is 44.0 Å². The van der Waals surface area contributed by atoms with Gasteiger partial charge in [0.1, 0.15) is 16.7 Å². The first-order valence-corrected chi connectivity index (χ1v) is 11.4. The normalized spacial score (nSPS) is 23.0. The fourth-order valence-electron chi connectivity index (χ4n) is 3.40. The molecule has 0 aromatic heterocycles. The van der Waals surface area contributed by atoms with Gasteiger partial charge in [-0.05, 0) is 31.5 Å². The van der Waals surface area contributed by atoms with Crippen molar-refractivity contribution in [1.29, 1.82) is 0 Å². The number of likely N-dealkylation sites (N-methyl/N-ethyl adjacent to an activating group) is 1. The van der Waals surface area contributed by atoms with Gasteiger partial charge in [-0.2, -0.15) is 4.31 Å². The van der Waals surface area contributed by atoms with Crippen LogP contribution in [0.25, 0.3) is 6.08 Å². The average molecular weight is 425 g/mol. The maximum Gasteiger partial charge on any atom is 0.247 e. The summed E-state index contributed by atoms with van der Waals surface area (Å²) in [6.07, 6.45) is 3.74. The molecule has 0 bridgehead atoms. The van der Waals surface area contributed by atoms with Gasteiger partial charge in [0.25, 0.3) is 0 Å². The van der Waals surface area contributed by atoms with Crippen LogP contribution in [0.5, 0.6) is 5.75 Å². The van der Waals surface area contributed by atoms with Crippen molar-refractivity contribution in [2.24, 2.45) is 5.92 Å². The third-order valence-corrected chi connectivity index (χ3v) is 7.25. The number of aliphatic hydroxyl groups is 1. The molecule has 162 valence electrons. The van der Waals surface area contributed by atoms with E-state index in [1.807, 2.05) is 26.0 Å². The Labute approximate surface area is 174 Å². The van der Waals surface area contributed by atoms with Crippen molar-refractivity contribution in [3.63, 3.8) is 0 Å². The van der Waals surface area contributed by atoms with E-state index < -0.39 is 16.1 Å². The summed E-state index contributed by atoms with van der Waals surface area (Å²) in [7, 11) is -2.12. The third-order valence-electron chi connectivity index (χ3n) is 5.23. The number of ether oxygens (including phenoxy) is 1. The average Bonchev–Trinajstić information content (AvgIpc) is 2.69. The molecule has 1 amide bonds. The number of hydrogen-bond donors (Lipinski definition) is 1. The highest BCUT2D eigenvalue weighted by Gasteiger charge is 2.38. The molecule has 7 nitrogen and oxygen atoms in total. The summed E-state index contributed by atoms with van der Waals surface area (Å²) in [6.45, 7) is 7.54. The Morgan fingerprint density at radius 2 is 2.14 bits per heavy atom. The van der Waals surface area contributed by atoms with Crippen molar-refractivity contribution in [2.45, 2.75) is 51.2 Å². The molecule has 0 saturated heterocycles. The van der Waals surface area contributed by atoms with Crippen LogP contribution in [0, 0.1) is 5.92 Å². The number of carbonyl (C=O) groups excluding carboxylic acids is 1. The standard InChI is InChI=1S/C21H32N2O5S/c1-6-8-17-9-10-20-18(11-17)28-19(13-22(5)21(25)7-2)15(3)12-23(16(4)14-24)29(20,26)27/h6,8-11,15-16,19,24H,7,12-14H2,1-5H3/b8-6+/t15-,16+,19+/m1/s1. The van der Waals surface area contributed by atoms with E-state index in [1.165, 1.54) is 4.31 Å². The molecule has 29 heavy (non-hydrogen) atoms. The number of amides is 1. The van der Waals surface area contributed by atoms with Gasteiger partial charge in [-0.3, -0.25) is 4.79 Å². The molecule has 1 aliphatic heterocycles. The zero-order valence-corrected chi connectivity index (χ0v) is 18.6. The topological polar surface area (TPSA) is 87.2 Å². The number of aliphatic hydroxyl groups excluding tert-OH is 1. The van der Waals surface area contributed by atoms with E-state index in [0.717, 1.165) is 5.56 Å². The molecule has 3 atom stereocenters. The Bertz CT molecular complexity index is 853. The monoisotopic (exact) mass is 424 g/mol. The molecule has 0 aliphatic carbocycles. The molecule has 0 fully saturated rings. The highest BCUT2D eigenvalue weighted by atomic mass is 32.2. The summed E-state index contributed by atoms with van der Waals surface area (Å²) in [5.41, 5.74) is 0.827. The maximum absolute atomic E-state index is 13.3. The van der Waals surface area contributed by atoms with Crippen LogP contribution in [0.3, 0.4) is 0 Å². The molecule has 1 aromatic rings. The van der Waals surface area contributed by atoms with Crippen LogP contribution in [0.4, 0.5) is 0 Å². The van der Waals surface area contributed by atoms with Crippen molar-refractivity contribution in [3.05, 3.63) is 29.8 Å². The Morgan fingerprint density at radius 3 is 2.72 bits per heavy atom. The molecule has 1 aliphatic rings. The van der Waals surface area contributed by atoms with Crippen LogP contribution in [0.1, 0.15) is 39.7 Å². The summed E-state index contributed by atoms with van der Waals surface area (Å²) in [5, 5.41) is 9.65. The van der Waals surface area contributed by atoms with Crippen molar-refractivity contribution >= 4 is 22.0 Å². The first-order valence-electron chi connectivity index (χ1n) is 9.95. The van der Waals surface area contributed by atoms with Gasteiger partial charge < -0.3 is 14.7 Å². The lowest BCUT2D eigenvalue weighted by Gasteiger charge is -2.37. The molecule has 0 radical (unpaired) electrons. The van der Waals surface area contributed by atoms with Crippen molar-refractivity contribution in [1.82, 2.24) is 9.21 Å². The number of hydrogen-bond acceptors (Lipinski definition) is 5. The van der Waals surface area contributed by atoms with Crippen molar-refractivity contribution < 1.29 is 23.1 Å². The number of benzene rings is 1. The van der Waals surface area contributed by atoms with E-state index >= 15 is 0 Å². The van der Waals surface area contributed by atoms with E-state index in [2.05, 4.69) is 0 Å².